The van der Waals surface area contributed by atoms with Gasteiger partial charge in [-0.2, -0.15) is 0 Å². The van der Waals surface area contributed by atoms with Gasteiger partial charge in [-0.05, 0) is 55.3 Å². The maximum Gasteiger partial charge on any atom is 0.175 e. The molecule has 1 saturated heterocycles. The molecule has 0 radical (unpaired) electrons. The van der Waals surface area contributed by atoms with Gasteiger partial charge in [-0.1, -0.05) is 12.1 Å². The number of nitrogens with zero attached hydrogens (tertiary/aromatic N) is 1. The summed E-state index contributed by atoms with van der Waals surface area (Å²) in [5.41, 5.74) is 2.67. The average molecular weight is 418 g/mol. The van der Waals surface area contributed by atoms with E-state index in [1.54, 1.807) is 25.1 Å². The van der Waals surface area contributed by atoms with Crippen LogP contribution in [0.15, 0.2) is 47.4 Å². The number of rotatable bonds is 7. The number of carbonyl (C=O) groups excluding carboxylic acids is 1. The van der Waals surface area contributed by atoms with Gasteiger partial charge in [0.15, 0.2) is 15.6 Å². The van der Waals surface area contributed by atoms with Crippen molar-refractivity contribution in [3.8, 4) is 5.75 Å². The second-order valence-corrected chi connectivity index (χ2v) is 9.50. The zero-order chi connectivity index (χ0) is 21.0. The molecule has 1 atom stereocenters. The predicted molar refractivity (Wildman–Crippen MR) is 111 cm³/mol. The van der Waals surface area contributed by atoms with Crippen molar-refractivity contribution in [3.63, 3.8) is 0 Å². The van der Waals surface area contributed by atoms with Crippen molar-refractivity contribution < 1.29 is 22.7 Å². The summed E-state index contributed by atoms with van der Waals surface area (Å²) in [5.74, 6) is 0.773. The molecule has 0 aromatic heterocycles. The van der Waals surface area contributed by atoms with E-state index >= 15 is 0 Å². The molecule has 0 N–H and O–H groups in total. The summed E-state index contributed by atoms with van der Waals surface area (Å²) in [6.07, 6.45) is 1.16. The summed E-state index contributed by atoms with van der Waals surface area (Å²) in [6.45, 7) is 6.80. The van der Waals surface area contributed by atoms with Crippen molar-refractivity contribution in [2.24, 2.45) is 0 Å². The second-order valence-electron chi connectivity index (χ2n) is 7.49. The van der Waals surface area contributed by atoms with Gasteiger partial charge in [-0.15, -0.1) is 0 Å². The summed E-state index contributed by atoms with van der Waals surface area (Å²) in [6, 6.07) is 12.5. The van der Waals surface area contributed by atoms with E-state index in [0.717, 1.165) is 36.5 Å². The first-order valence-corrected chi connectivity index (χ1v) is 11.5. The lowest BCUT2D eigenvalue weighted by atomic mass is 10.1. The van der Waals surface area contributed by atoms with E-state index in [2.05, 4.69) is 4.90 Å². The van der Waals surface area contributed by atoms with Crippen LogP contribution >= 0.6 is 0 Å². The maximum absolute atomic E-state index is 11.6. The fourth-order valence-electron chi connectivity index (χ4n) is 3.44. The molecule has 1 aliphatic rings. The molecule has 7 heteroatoms. The van der Waals surface area contributed by atoms with Crippen LogP contribution in [0.3, 0.4) is 0 Å². The van der Waals surface area contributed by atoms with Gasteiger partial charge >= 0.3 is 0 Å². The third-order valence-electron chi connectivity index (χ3n) is 4.99. The van der Waals surface area contributed by atoms with Crippen LogP contribution in [-0.4, -0.2) is 57.8 Å². The molecule has 1 aliphatic heterocycles. The van der Waals surface area contributed by atoms with Crippen LogP contribution in [0, 0.1) is 6.92 Å². The molecule has 1 heterocycles. The van der Waals surface area contributed by atoms with Crippen LogP contribution in [0.4, 0.5) is 0 Å². The lowest BCUT2D eigenvalue weighted by molar-refractivity contribution is -0.0504. The van der Waals surface area contributed by atoms with Crippen molar-refractivity contribution >= 4 is 15.6 Å². The third-order valence-corrected chi connectivity index (χ3v) is 6.12. The number of aryl methyl sites for hydroxylation is 1. The van der Waals surface area contributed by atoms with E-state index in [1.807, 2.05) is 31.2 Å². The molecule has 156 valence electrons. The highest BCUT2D eigenvalue weighted by Gasteiger charge is 2.21. The molecule has 3 rings (SSSR count). The van der Waals surface area contributed by atoms with Gasteiger partial charge in [0.1, 0.15) is 18.5 Å². The molecule has 2 aromatic rings. The molecule has 1 fully saturated rings. The van der Waals surface area contributed by atoms with Gasteiger partial charge in [0, 0.05) is 31.5 Å². The summed E-state index contributed by atoms with van der Waals surface area (Å²) < 4.78 is 34.9. The zero-order valence-corrected chi connectivity index (χ0v) is 17.9. The molecule has 6 nitrogen and oxygen atoms in total. The molecule has 2 aromatic carbocycles. The van der Waals surface area contributed by atoms with Crippen molar-refractivity contribution in [1.82, 2.24) is 4.90 Å². The Labute approximate surface area is 172 Å². The van der Waals surface area contributed by atoms with Crippen LogP contribution in [0.1, 0.15) is 28.4 Å². The largest absolute Gasteiger partial charge is 0.491 e. The Balaban J connectivity index is 1.54. The fraction of sp³-hybridized carbons (Fsp3) is 0.409. The van der Waals surface area contributed by atoms with Crippen molar-refractivity contribution in [2.45, 2.75) is 31.4 Å². The van der Waals surface area contributed by atoms with Gasteiger partial charge in [0.25, 0.3) is 0 Å². The Morgan fingerprint density at radius 3 is 2.55 bits per heavy atom. The van der Waals surface area contributed by atoms with E-state index in [4.69, 9.17) is 9.47 Å². The summed E-state index contributed by atoms with van der Waals surface area (Å²) in [5, 5.41) is 0. The second kappa shape index (κ2) is 9.07. The lowest BCUT2D eigenvalue weighted by Crippen LogP contribution is -2.44. The number of morpholine rings is 1. The first kappa shape index (κ1) is 21.5. The Hall–Kier alpha value is -2.22. The summed E-state index contributed by atoms with van der Waals surface area (Å²) in [7, 11) is -3.17. The molecule has 0 bridgehead atoms. The van der Waals surface area contributed by atoms with E-state index in [-0.39, 0.29) is 11.9 Å². The van der Waals surface area contributed by atoms with Crippen LogP contribution in [-0.2, 0) is 21.1 Å². The maximum atomic E-state index is 11.6. The third kappa shape index (κ3) is 5.88. The molecular formula is C22H27NO5S. The Kier molecular flexibility index (Phi) is 6.72. The van der Waals surface area contributed by atoms with E-state index in [1.165, 1.54) is 6.26 Å². The molecule has 0 amide bonds. The molecule has 0 saturated carbocycles. The highest BCUT2D eigenvalue weighted by molar-refractivity contribution is 7.90. The molecule has 1 unspecified atom stereocenters. The van der Waals surface area contributed by atoms with Crippen LogP contribution in [0.2, 0.25) is 0 Å². The number of hydrogen-bond donors (Lipinski definition) is 0. The smallest absolute Gasteiger partial charge is 0.175 e. The minimum Gasteiger partial charge on any atom is -0.491 e. The van der Waals surface area contributed by atoms with Gasteiger partial charge in [0.05, 0.1) is 11.5 Å². The number of Topliss-reactive ketones (excluding diaryl/α,β-unsaturated/α-hetero) is 1. The number of sulfone groups is 1. The fourth-order valence-corrected chi connectivity index (χ4v) is 4.07. The van der Waals surface area contributed by atoms with E-state index in [9.17, 15) is 13.2 Å². The zero-order valence-electron chi connectivity index (χ0n) is 17.1. The van der Waals surface area contributed by atoms with E-state index < -0.39 is 9.84 Å². The Morgan fingerprint density at radius 2 is 1.93 bits per heavy atom. The van der Waals surface area contributed by atoms with Crippen LogP contribution in [0.5, 0.6) is 5.75 Å². The first-order chi connectivity index (χ1) is 13.7. The van der Waals surface area contributed by atoms with Gasteiger partial charge in [-0.25, -0.2) is 8.42 Å². The van der Waals surface area contributed by atoms with Crippen molar-refractivity contribution in [2.75, 3.05) is 32.6 Å². The molecule has 29 heavy (non-hydrogen) atoms. The normalized spacial score (nSPS) is 17.8. The highest BCUT2D eigenvalue weighted by atomic mass is 32.2. The Morgan fingerprint density at radius 1 is 1.21 bits per heavy atom. The number of hydrogen-bond acceptors (Lipinski definition) is 6. The van der Waals surface area contributed by atoms with Gasteiger partial charge < -0.3 is 9.47 Å². The van der Waals surface area contributed by atoms with E-state index in [0.29, 0.717) is 23.7 Å². The number of carbonyl (C=O) groups is 1. The Bertz CT molecular complexity index is 969. The highest BCUT2D eigenvalue weighted by Crippen LogP contribution is 2.19. The minimum absolute atomic E-state index is 0.0462. The topological polar surface area (TPSA) is 72.9 Å². The molecule has 0 spiro atoms. The standard InChI is InChI=1S/C22H27NO5S/c1-16-12-19(6-9-22(16)17(2)24)28-15-20-14-23(10-11-27-20)13-18-4-7-21(8-5-18)29(3,25)26/h4-9,12,20H,10-11,13-15H2,1-3H3. The number of ketones is 1. The average Bonchev–Trinajstić information content (AvgIpc) is 2.66. The lowest BCUT2D eigenvalue weighted by Gasteiger charge is -2.32. The van der Waals surface area contributed by atoms with Gasteiger partial charge in [0.2, 0.25) is 0 Å². The number of ether oxygens (including phenoxy) is 2. The molecule has 0 aliphatic carbocycles. The van der Waals surface area contributed by atoms with Crippen LogP contribution in [0.25, 0.3) is 0 Å². The SMILES string of the molecule is CC(=O)c1ccc(OCC2CN(Cc3ccc(S(C)(=O)=O)cc3)CCO2)cc1C. The quantitative estimate of drug-likeness (QED) is 0.645. The minimum atomic E-state index is -3.17. The number of benzene rings is 2. The van der Waals surface area contributed by atoms with Crippen LogP contribution < -0.4 is 4.74 Å². The monoisotopic (exact) mass is 417 g/mol. The first-order valence-electron chi connectivity index (χ1n) is 9.60. The van der Waals surface area contributed by atoms with Crippen molar-refractivity contribution in [1.29, 1.82) is 0 Å². The summed E-state index contributed by atoms with van der Waals surface area (Å²) >= 11 is 0. The van der Waals surface area contributed by atoms with Gasteiger partial charge in [-0.3, -0.25) is 9.69 Å². The molecular weight excluding hydrogens is 390 g/mol. The summed E-state index contributed by atoms with van der Waals surface area (Å²) in [4.78, 5) is 14.1. The van der Waals surface area contributed by atoms with Crippen molar-refractivity contribution in [3.05, 3.63) is 59.2 Å². The predicted octanol–water partition coefficient (Wildman–Crippen LogP) is 2.88.